The quantitative estimate of drug-likeness (QED) is 0.671. The second kappa shape index (κ2) is 6.49. The maximum Gasteiger partial charge on any atom is 0.341 e. The van der Waals surface area contributed by atoms with Crippen LogP contribution < -0.4 is 10.5 Å². The van der Waals surface area contributed by atoms with Gasteiger partial charge in [0.25, 0.3) is 0 Å². The lowest BCUT2D eigenvalue weighted by Crippen LogP contribution is -2.11. The van der Waals surface area contributed by atoms with E-state index in [9.17, 15) is 4.79 Å². The summed E-state index contributed by atoms with van der Waals surface area (Å²) in [7, 11) is 0. The maximum absolute atomic E-state index is 11.8. The Hall–Kier alpha value is -1.23. The molecule has 0 radical (unpaired) electrons. The van der Waals surface area contributed by atoms with E-state index in [2.05, 4.69) is 15.9 Å². The summed E-state index contributed by atoms with van der Waals surface area (Å²) in [6.07, 6.45) is 0.772. The molecule has 0 spiro atoms. The average Bonchev–Trinajstić information content (AvgIpc) is 2.30. The van der Waals surface area contributed by atoms with E-state index in [1.807, 2.05) is 13.8 Å². The molecule has 0 bridgehead atoms. The van der Waals surface area contributed by atoms with Gasteiger partial charge in [0.15, 0.2) is 0 Å². The monoisotopic (exact) mass is 301 g/mol. The third-order valence-electron chi connectivity index (χ3n) is 2.10. The zero-order valence-electron chi connectivity index (χ0n) is 9.96. The van der Waals surface area contributed by atoms with Crippen LogP contribution in [0.15, 0.2) is 16.6 Å². The predicted octanol–water partition coefficient (Wildman–Crippen LogP) is 3.00. The number of carbonyl (C=O) groups is 1. The Balaban J connectivity index is 3.04. The Morgan fingerprint density at radius 1 is 1.41 bits per heavy atom. The fraction of sp³-hybridized carbons (Fsp3) is 0.417. The highest BCUT2D eigenvalue weighted by Gasteiger charge is 2.18. The van der Waals surface area contributed by atoms with E-state index in [4.69, 9.17) is 15.2 Å². The van der Waals surface area contributed by atoms with Gasteiger partial charge in [0.1, 0.15) is 11.3 Å². The topological polar surface area (TPSA) is 61.5 Å². The molecule has 0 heterocycles. The zero-order valence-corrected chi connectivity index (χ0v) is 11.5. The minimum atomic E-state index is -0.433. The number of carbonyl (C=O) groups excluding carboxylic acids is 1. The number of nitrogen functional groups attached to an aromatic ring is 1. The molecular weight excluding hydrogens is 286 g/mol. The Bertz CT molecular complexity index is 407. The van der Waals surface area contributed by atoms with Crippen molar-refractivity contribution in [3.8, 4) is 5.75 Å². The number of halogens is 1. The first-order valence-electron chi connectivity index (χ1n) is 5.49. The molecule has 0 atom stereocenters. The van der Waals surface area contributed by atoms with Gasteiger partial charge in [-0.15, -0.1) is 0 Å². The molecule has 0 saturated heterocycles. The number of rotatable bonds is 5. The molecule has 1 aromatic rings. The second-order valence-corrected chi connectivity index (χ2v) is 4.26. The number of anilines is 1. The predicted molar refractivity (Wildman–Crippen MR) is 70.3 cm³/mol. The van der Waals surface area contributed by atoms with Gasteiger partial charge in [-0.1, -0.05) is 6.92 Å². The molecule has 0 amide bonds. The van der Waals surface area contributed by atoms with Crippen LogP contribution in [0.3, 0.4) is 0 Å². The molecular formula is C12H16BrNO3. The summed E-state index contributed by atoms with van der Waals surface area (Å²) in [4.78, 5) is 11.8. The molecule has 0 saturated carbocycles. The first kappa shape index (κ1) is 13.8. The summed E-state index contributed by atoms with van der Waals surface area (Å²) in [5.41, 5.74) is 6.52. The summed E-state index contributed by atoms with van der Waals surface area (Å²) >= 11 is 3.29. The highest BCUT2D eigenvalue weighted by Crippen LogP contribution is 2.32. The fourth-order valence-corrected chi connectivity index (χ4v) is 1.84. The number of benzene rings is 1. The van der Waals surface area contributed by atoms with E-state index in [0.717, 1.165) is 6.42 Å². The molecule has 0 aliphatic rings. The van der Waals surface area contributed by atoms with Crippen LogP contribution in [0.2, 0.25) is 0 Å². The van der Waals surface area contributed by atoms with Crippen molar-refractivity contribution in [2.75, 3.05) is 18.9 Å². The van der Waals surface area contributed by atoms with Crippen molar-refractivity contribution in [1.82, 2.24) is 0 Å². The van der Waals surface area contributed by atoms with Crippen LogP contribution in [0.4, 0.5) is 5.69 Å². The molecule has 17 heavy (non-hydrogen) atoms. The summed E-state index contributed by atoms with van der Waals surface area (Å²) in [6, 6.07) is 3.45. The number of nitrogens with two attached hydrogens (primary N) is 1. The molecule has 5 heteroatoms. The summed E-state index contributed by atoms with van der Waals surface area (Å²) in [5.74, 6) is 0.0666. The minimum Gasteiger partial charge on any atom is -0.492 e. The van der Waals surface area contributed by atoms with Gasteiger partial charge < -0.3 is 15.2 Å². The second-order valence-electron chi connectivity index (χ2n) is 3.40. The maximum atomic E-state index is 11.8. The van der Waals surface area contributed by atoms with E-state index in [0.29, 0.717) is 34.7 Å². The minimum absolute atomic E-state index is 0.308. The van der Waals surface area contributed by atoms with Crippen molar-refractivity contribution in [3.63, 3.8) is 0 Å². The first-order valence-corrected chi connectivity index (χ1v) is 6.29. The van der Waals surface area contributed by atoms with Crippen LogP contribution in [-0.4, -0.2) is 19.2 Å². The van der Waals surface area contributed by atoms with E-state index >= 15 is 0 Å². The van der Waals surface area contributed by atoms with Gasteiger partial charge in [0, 0.05) is 4.47 Å². The van der Waals surface area contributed by atoms with Gasteiger partial charge in [-0.2, -0.15) is 0 Å². The van der Waals surface area contributed by atoms with Crippen LogP contribution in [0, 0.1) is 0 Å². The van der Waals surface area contributed by atoms with E-state index in [1.165, 1.54) is 0 Å². The van der Waals surface area contributed by atoms with Crippen LogP contribution in [0.25, 0.3) is 0 Å². The van der Waals surface area contributed by atoms with Crippen molar-refractivity contribution in [1.29, 1.82) is 0 Å². The van der Waals surface area contributed by atoms with E-state index in [-0.39, 0.29) is 0 Å². The number of hydrogen-bond acceptors (Lipinski definition) is 4. The van der Waals surface area contributed by atoms with E-state index in [1.54, 1.807) is 12.1 Å². The van der Waals surface area contributed by atoms with Gasteiger partial charge >= 0.3 is 5.97 Å². The molecule has 0 unspecified atom stereocenters. The molecule has 2 N–H and O–H groups in total. The van der Waals surface area contributed by atoms with Crippen LogP contribution >= 0.6 is 15.9 Å². The Morgan fingerprint density at radius 3 is 2.71 bits per heavy atom. The molecule has 1 rings (SSSR count). The lowest BCUT2D eigenvalue weighted by Gasteiger charge is -2.12. The van der Waals surface area contributed by atoms with Crippen LogP contribution in [-0.2, 0) is 4.74 Å². The van der Waals surface area contributed by atoms with Crippen molar-refractivity contribution >= 4 is 27.6 Å². The Kier molecular flexibility index (Phi) is 5.28. The lowest BCUT2D eigenvalue weighted by atomic mass is 10.1. The normalized spacial score (nSPS) is 10.1. The Morgan fingerprint density at radius 2 is 2.12 bits per heavy atom. The van der Waals surface area contributed by atoms with Crippen molar-refractivity contribution in [2.45, 2.75) is 20.3 Å². The van der Waals surface area contributed by atoms with E-state index < -0.39 is 5.97 Å². The third kappa shape index (κ3) is 3.36. The van der Waals surface area contributed by atoms with Gasteiger partial charge in [-0.3, -0.25) is 0 Å². The number of ether oxygens (including phenoxy) is 2. The van der Waals surface area contributed by atoms with Gasteiger partial charge in [0.2, 0.25) is 0 Å². The smallest absolute Gasteiger partial charge is 0.341 e. The molecule has 1 aromatic carbocycles. The molecule has 94 valence electrons. The largest absolute Gasteiger partial charge is 0.492 e. The highest BCUT2D eigenvalue weighted by atomic mass is 79.9. The average molecular weight is 302 g/mol. The number of esters is 1. The SMILES string of the molecule is CCCOC(=O)c1c(Br)ccc(OCC)c1N. The highest BCUT2D eigenvalue weighted by molar-refractivity contribution is 9.10. The summed E-state index contributed by atoms with van der Waals surface area (Å²) < 4.78 is 11.0. The summed E-state index contributed by atoms with van der Waals surface area (Å²) in [6.45, 7) is 4.66. The van der Waals surface area contributed by atoms with Crippen LogP contribution in [0.5, 0.6) is 5.75 Å². The molecule has 0 fully saturated rings. The van der Waals surface area contributed by atoms with Crippen LogP contribution in [0.1, 0.15) is 30.6 Å². The summed E-state index contributed by atoms with van der Waals surface area (Å²) in [5, 5.41) is 0. The molecule has 0 aromatic heterocycles. The van der Waals surface area contributed by atoms with Gasteiger partial charge in [-0.25, -0.2) is 4.79 Å². The third-order valence-corrected chi connectivity index (χ3v) is 2.76. The molecule has 4 nitrogen and oxygen atoms in total. The first-order chi connectivity index (χ1) is 8.11. The number of hydrogen-bond donors (Lipinski definition) is 1. The van der Waals surface area contributed by atoms with Crippen molar-refractivity contribution in [3.05, 3.63) is 22.2 Å². The van der Waals surface area contributed by atoms with Gasteiger partial charge in [-0.05, 0) is 41.4 Å². The van der Waals surface area contributed by atoms with Crippen molar-refractivity contribution < 1.29 is 14.3 Å². The van der Waals surface area contributed by atoms with Gasteiger partial charge in [0.05, 0.1) is 18.9 Å². The molecule has 0 aliphatic carbocycles. The van der Waals surface area contributed by atoms with Crippen molar-refractivity contribution in [2.24, 2.45) is 0 Å². The molecule has 0 aliphatic heterocycles. The Labute approximate surface area is 109 Å². The standard InChI is InChI=1S/C12H16BrNO3/c1-3-7-17-12(15)10-8(13)5-6-9(11(10)14)16-4-2/h5-6H,3-4,7,14H2,1-2H3. The fourth-order valence-electron chi connectivity index (χ4n) is 1.33. The zero-order chi connectivity index (χ0) is 12.8. The lowest BCUT2D eigenvalue weighted by molar-refractivity contribution is 0.0505.